The number of para-hydroxylation sites is 1. The van der Waals surface area contributed by atoms with E-state index in [1.165, 1.54) is 19.1 Å². The van der Waals surface area contributed by atoms with Gasteiger partial charge in [0.05, 0.1) is 10.8 Å². The number of aliphatic carboxylic acids is 1. The summed E-state index contributed by atoms with van der Waals surface area (Å²) in [6, 6.07) is 3.83. The van der Waals surface area contributed by atoms with Crippen molar-refractivity contribution < 1.29 is 23.2 Å². The van der Waals surface area contributed by atoms with Crippen LogP contribution in [-0.2, 0) is 14.6 Å². The van der Waals surface area contributed by atoms with Crippen LogP contribution in [0.1, 0.15) is 6.92 Å². The maximum Gasteiger partial charge on any atom is 0.310 e. The molecule has 0 aliphatic rings. The highest BCUT2D eigenvalue weighted by Crippen LogP contribution is 2.31. The molecule has 0 radical (unpaired) electrons. The number of sulfone groups is 1. The molecule has 1 unspecified atom stereocenters. The second kappa shape index (κ2) is 5.87. The summed E-state index contributed by atoms with van der Waals surface area (Å²) in [5.41, 5.74) is -0.599. The van der Waals surface area contributed by atoms with Crippen LogP contribution in [-0.4, -0.2) is 37.2 Å². The van der Waals surface area contributed by atoms with E-state index in [9.17, 15) is 23.3 Å². The maximum atomic E-state index is 11.5. The molecule has 0 spiro atoms. The summed E-state index contributed by atoms with van der Waals surface area (Å²) in [6.45, 7) is 1.38. The van der Waals surface area contributed by atoms with Gasteiger partial charge in [-0.05, 0) is 12.1 Å². The molecule has 1 aromatic rings. The third kappa shape index (κ3) is 3.67. The van der Waals surface area contributed by atoms with Crippen LogP contribution in [0.15, 0.2) is 23.1 Å². The Morgan fingerprint density at radius 2 is 2.10 bits per heavy atom. The zero-order valence-electron chi connectivity index (χ0n) is 10.9. The third-order valence-corrected chi connectivity index (χ3v) is 3.73. The van der Waals surface area contributed by atoms with Gasteiger partial charge in [0.15, 0.2) is 9.84 Å². The topological polar surface area (TPSA) is 127 Å². The molecule has 0 heterocycles. The van der Waals surface area contributed by atoms with Gasteiger partial charge in [-0.25, -0.2) is 8.42 Å². The number of carbonyl (C=O) groups is 1. The summed E-state index contributed by atoms with van der Waals surface area (Å²) >= 11 is 0. The molecule has 0 saturated heterocycles. The summed E-state index contributed by atoms with van der Waals surface area (Å²) in [5.74, 6) is -1.82. The fourth-order valence-corrected chi connectivity index (χ4v) is 2.36. The summed E-state index contributed by atoms with van der Waals surface area (Å²) < 4.78 is 23.1. The molecule has 1 aromatic carbocycles. The second-order valence-corrected chi connectivity index (χ2v) is 6.29. The van der Waals surface area contributed by atoms with Gasteiger partial charge in [-0.2, -0.15) is 0 Å². The lowest BCUT2D eigenvalue weighted by atomic mass is 10.2. The summed E-state index contributed by atoms with van der Waals surface area (Å²) in [4.78, 5) is 20.5. The smallest absolute Gasteiger partial charge is 0.310 e. The van der Waals surface area contributed by atoms with Crippen molar-refractivity contribution >= 4 is 27.2 Å². The molecule has 0 amide bonds. The van der Waals surface area contributed by atoms with E-state index >= 15 is 0 Å². The number of hydrogen-bond acceptors (Lipinski definition) is 6. The number of rotatable bonds is 6. The number of anilines is 1. The monoisotopic (exact) mass is 302 g/mol. The molecule has 20 heavy (non-hydrogen) atoms. The Kier molecular flexibility index (Phi) is 4.66. The van der Waals surface area contributed by atoms with Crippen molar-refractivity contribution in [1.29, 1.82) is 0 Å². The molecular weight excluding hydrogens is 288 g/mol. The minimum Gasteiger partial charge on any atom is -0.481 e. The Morgan fingerprint density at radius 1 is 1.50 bits per heavy atom. The van der Waals surface area contributed by atoms with E-state index in [0.717, 1.165) is 12.3 Å². The minimum atomic E-state index is -3.75. The maximum absolute atomic E-state index is 11.5. The van der Waals surface area contributed by atoms with E-state index < -0.39 is 37.2 Å². The third-order valence-electron chi connectivity index (χ3n) is 2.60. The molecule has 0 aliphatic carbocycles. The average Bonchev–Trinajstić information content (AvgIpc) is 2.33. The summed E-state index contributed by atoms with van der Waals surface area (Å²) in [5, 5.41) is 22.4. The Labute approximate surface area is 115 Å². The molecule has 1 atom stereocenters. The highest BCUT2D eigenvalue weighted by Gasteiger charge is 2.26. The van der Waals surface area contributed by atoms with Crippen molar-refractivity contribution in [2.45, 2.75) is 11.8 Å². The first kappa shape index (κ1) is 15.9. The van der Waals surface area contributed by atoms with Crippen molar-refractivity contribution in [2.75, 3.05) is 18.1 Å². The van der Waals surface area contributed by atoms with E-state index in [0.29, 0.717) is 0 Å². The molecule has 2 N–H and O–H groups in total. The molecule has 1 rings (SSSR count). The molecule has 0 aliphatic heterocycles. The lowest BCUT2D eigenvalue weighted by molar-refractivity contribution is -0.386. The van der Waals surface area contributed by atoms with Gasteiger partial charge < -0.3 is 10.4 Å². The molecule has 9 heteroatoms. The van der Waals surface area contributed by atoms with Crippen LogP contribution >= 0.6 is 0 Å². The van der Waals surface area contributed by atoms with Crippen LogP contribution in [0.4, 0.5) is 11.4 Å². The zero-order valence-corrected chi connectivity index (χ0v) is 11.7. The van der Waals surface area contributed by atoms with E-state index in [1.54, 1.807) is 0 Å². The molecule has 0 aromatic heterocycles. The van der Waals surface area contributed by atoms with Crippen molar-refractivity contribution in [1.82, 2.24) is 0 Å². The van der Waals surface area contributed by atoms with Gasteiger partial charge in [0.25, 0.3) is 0 Å². The van der Waals surface area contributed by atoms with E-state index in [4.69, 9.17) is 5.11 Å². The van der Waals surface area contributed by atoms with E-state index in [2.05, 4.69) is 5.32 Å². The first-order valence-electron chi connectivity index (χ1n) is 5.58. The Balaban J connectivity index is 3.21. The second-order valence-electron chi connectivity index (χ2n) is 4.30. The van der Waals surface area contributed by atoms with Gasteiger partial charge >= 0.3 is 11.7 Å². The van der Waals surface area contributed by atoms with Crippen LogP contribution in [0.25, 0.3) is 0 Å². The van der Waals surface area contributed by atoms with Gasteiger partial charge in [-0.1, -0.05) is 13.0 Å². The lowest BCUT2D eigenvalue weighted by Gasteiger charge is -2.11. The number of benzene rings is 1. The Morgan fingerprint density at radius 3 is 2.55 bits per heavy atom. The average molecular weight is 302 g/mol. The van der Waals surface area contributed by atoms with Crippen molar-refractivity contribution in [3.8, 4) is 0 Å². The Hall–Kier alpha value is -2.16. The largest absolute Gasteiger partial charge is 0.481 e. The van der Waals surface area contributed by atoms with Crippen LogP contribution in [0.3, 0.4) is 0 Å². The molecule has 0 saturated carbocycles. The normalized spacial score (nSPS) is 12.7. The first-order valence-corrected chi connectivity index (χ1v) is 7.48. The van der Waals surface area contributed by atoms with Crippen LogP contribution in [0.5, 0.6) is 0 Å². The van der Waals surface area contributed by atoms with Crippen LogP contribution < -0.4 is 5.32 Å². The summed E-state index contributed by atoms with van der Waals surface area (Å²) in [6.07, 6.45) is 0.874. The van der Waals surface area contributed by atoms with Crippen molar-refractivity contribution in [3.63, 3.8) is 0 Å². The number of hydrogen-bond donors (Lipinski definition) is 2. The summed E-state index contributed by atoms with van der Waals surface area (Å²) in [7, 11) is -3.75. The molecular formula is C11H14N2O6S. The molecule has 110 valence electrons. The van der Waals surface area contributed by atoms with E-state index in [-0.39, 0.29) is 12.2 Å². The minimum absolute atomic E-state index is 0.0222. The highest BCUT2D eigenvalue weighted by atomic mass is 32.2. The number of nitro groups is 1. The van der Waals surface area contributed by atoms with Gasteiger partial charge in [-0.3, -0.25) is 14.9 Å². The molecule has 0 bridgehead atoms. The standard InChI is InChI=1S/C11H14N2O6S/c1-7(11(14)15)6-12-8-4-3-5-9(20(2,18)19)10(8)13(16)17/h3-5,7,12H,6H2,1-2H3,(H,14,15). The Bertz CT molecular complexity index is 640. The van der Waals surface area contributed by atoms with E-state index in [1.807, 2.05) is 0 Å². The number of nitrogens with zero attached hydrogens (tertiary/aromatic N) is 1. The zero-order chi connectivity index (χ0) is 15.5. The van der Waals surface area contributed by atoms with Crippen LogP contribution in [0.2, 0.25) is 0 Å². The quantitative estimate of drug-likeness (QED) is 0.595. The van der Waals surface area contributed by atoms with Crippen LogP contribution in [0, 0.1) is 16.0 Å². The first-order chi connectivity index (χ1) is 9.14. The fourth-order valence-electron chi connectivity index (χ4n) is 1.50. The lowest BCUT2D eigenvalue weighted by Crippen LogP contribution is -2.20. The molecule has 0 fully saturated rings. The van der Waals surface area contributed by atoms with Gasteiger partial charge in [0.2, 0.25) is 0 Å². The van der Waals surface area contributed by atoms with Crippen molar-refractivity contribution in [3.05, 3.63) is 28.3 Å². The number of carboxylic acid groups (broad SMARTS) is 1. The predicted molar refractivity (Wildman–Crippen MR) is 71.5 cm³/mol. The highest BCUT2D eigenvalue weighted by molar-refractivity contribution is 7.90. The molecule has 8 nitrogen and oxygen atoms in total. The van der Waals surface area contributed by atoms with Crippen molar-refractivity contribution in [2.24, 2.45) is 5.92 Å². The van der Waals surface area contributed by atoms with Gasteiger partial charge in [0.1, 0.15) is 10.6 Å². The number of nitro benzene ring substituents is 1. The SMILES string of the molecule is CC(CNc1cccc(S(C)(=O)=O)c1[N+](=O)[O-])C(=O)O. The fraction of sp³-hybridized carbons (Fsp3) is 0.364. The van der Waals surface area contributed by atoms with Gasteiger partial charge in [-0.15, -0.1) is 0 Å². The number of carboxylic acids is 1. The predicted octanol–water partition coefficient (Wildman–Crippen LogP) is 1.13. The number of nitrogens with one attached hydrogen (secondary N) is 1. The van der Waals surface area contributed by atoms with Gasteiger partial charge in [0, 0.05) is 12.8 Å².